The van der Waals surface area contributed by atoms with Gasteiger partial charge in [0.15, 0.2) is 5.13 Å². The van der Waals surface area contributed by atoms with E-state index < -0.39 is 58.9 Å². The third kappa shape index (κ3) is 6.43. The van der Waals surface area contributed by atoms with E-state index in [1.165, 1.54) is 28.5 Å². The van der Waals surface area contributed by atoms with E-state index in [0.717, 1.165) is 42.2 Å². The molecule has 1 aromatic heterocycles. The number of β-lactam (4-membered cyclic amide) rings is 1. The van der Waals surface area contributed by atoms with Crippen LogP contribution in [0.2, 0.25) is 0 Å². The summed E-state index contributed by atoms with van der Waals surface area (Å²) in [5.41, 5.74) is 2.59. The van der Waals surface area contributed by atoms with E-state index >= 15 is 0 Å². The molecule has 3 N–H and O–H groups in total. The molecule has 2 amide bonds. The number of ether oxygens (including phenoxy) is 1. The molecule has 0 bridgehead atoms. The minimum atomic E-state index is -4.68. The molecule has 2 aliphatic rings. The van der Waals surface area contributed by atoms with Crippen molar-refractivity contribution < 1.29 is 71.8 Å². The molecule has 0 saturated carbocycles. The Hall–Kier alpha value is -2.59. The molecule has 3 atom stereocenters. The molecule has 0 spiro atoms. The molecule has 10 nitrogen and oxygen atoms in total. The Bertz CT molecular complexity index is 1340. The summed E-state index contributed by atoms with van der Waals surface area (Å²) < 4.78 is 45.5. The fraction of sp³-hybridized carbons (Fsp3) is 0.348. The quantitative estimate of drug-likeness (QED) is 0.161. The summed E-state index contributed by atoms with van der Waals surface area (Å²) in [4.78, 5) is 54.4. The number of carboxylic acid groups (broad SMARTS) is 1. The first-order valence-electron chi connectivity index (χ1n) is 11.0. The molecular formula is C23H20F3N4NaO6S2. The van der Waals surface area contributed by atoms with Crippen molar-refractivity contribution in [2.45, 2.75) is 24.5 Å². The number of esters is 1. The number of amides is 2. The Labute approximate surface area is 250 Å². The van der Waals surface area contributed by atoms with Crippen molar-refractivity contribution in [2.24, 2.45) is 5.41 Å². The van der Waals surface area contributed by atoms with Crippen molar-refractivity contribution in [2.75, 3.05) is 24.6 Å². The summed E-state index contributed by atoms with van der Waals surface area (Å²) in [6.07, 6.45) is -3.65. The third-order valence-corrected chi connectivity index (χ3v) is 8.29. The average molecular weight is 593 g/mol. The second-order valence-corrected chi connectivity index (χ2v) is 10.7. The van der Waals surface area contributed by atoms with Gasteiger partial charge in [0.25, 0.3) is 5.91 Å². The zero-order valence-corrected chi connectivity index (χ0v) is 24.2. The topological polar surface area (TPSA) is 155 Å². The van der Waals surface area contributed by atoms with Crippen LogP contribution in [-0.2, 0) is 30.1 Å². The smallest absolute Gasteiger partial charge is 0.549 e. The number of aromatic nitrogens is 1. The zero-order valence-electron chi connectivity index (χ0n) is 20.6. The maximum absolute atomic E-state index is 13.5. The summed E-state index contributed by atoms with van der Waals surface area (Å²) >= 11 is 2.04. The van der Waals surface area contributed by atoms with Gasteiger partial charge in [-0.1, -0.05) is 18.2 Å². The van der Waals surface area contributed by atoms with E-state index in [4.69, 9.17) is 10.5 Å². The summed E-state index contributed by atoms with van der Waals surface area (Å²) in [5, 5.41) is 15.2. The Balaban J connectivity index is 0.00000420. The van der Waals surface area contributed by atoms with Crippen molar-refractivity contribution in [3.05, 3.63) is 46.5 Å². The molecule has 202 valence electrons. The molecular weight excluding hydrogens is 572 g/mol. The molecule has 39 heavy (non-hydrogen) atoms. The Morgan fingerprint density at radius 3 is 2.62 bits per heavy atom. The fourth-order valence-electron chi connectivity index (χ4n) is 4.06. The van der Waals surface area contributed by atoms with E-state index in [1.807, 2.05) is 0 Å². The number of nitrogens with zero attached hydrogens (tertiary/aromatic N) is 2. The van der Waals surface area contributed by atoms with Crippen LogP contribution in [0.4, 0.5) is 18.3 Å². The standard InChI is InChI=1S/C23H21F3N4O6S2.Na/c1-11(31)36-9-22(20(34)35)8-30-18(33)16(19(30)38-10-22)29-17(32)13(15-7-37-21(27)28-15)6-12-4-2-3-5-14(12)23(24,25)26;/h2-7,16,19H,8-10H2,1H3,(H2,27,28)(H,29,32)(H,34,35);/q;+1/p-1/t16?,19-,22?;/m1./s1. The number of halogens is 3. The number of carbonyl (C=O) groups excluding carboxylic acids is 4. The van der Waals surface area contributed by atoms with Crippen LogP contribution in [0.5, 0.6) is 0 Å². The van der Waals surface area contributed by atoms with Gasteiger partial charge in [-0.05, 0) is 17.7 Å². The van der Waals surface area contributed by atoms with Crippen molar-refractivity contribution in [3.63, 3.8) is 0 Å². The van der Waals surface area contributed by atoms with Gasteiger partial charge in [-0.15, -0.1) is 23.1 Å². The molecule has 2 fully saturated rings. The first-order valence-corrected chi connectivity index (χ1v) is 12.9. The third-order valence-electron chi connectivity index (χ3n) is 6.02. The number of hydrogen-bond donors (Lipinski definition) is 2. The minimum Gasteiger partial charge on any atom is -0.549 e. The molecule has 16 heteroatoms. The Morgan fingerprint density at radius 1 is 1.33 bits per heavy atom. The fourth-order valence-corrected chi connectivity index (χ4v) is 6.14. The monoisotopic (exact) mass is 592 g/mol. The largest absolute Gasteiger partial charge is 1.00 e. The SMILES string of the molecule is CC(=O)OCC1(C(=O)[O-])CS[C@@H]2C(NC(=O)C(=Cc3ccccc3C(F)(F)F)c3csc(N)n3)C(=O)N2C1.[Na+]. The average Bonchev–Trinajstić information content (AvgIpc) is 3.29. The minimum absolute atomic E-state index is 0. The number of thioether (sulfide) groups is 1. The number of nitrogens with one attached hydrogen (secondary N) is 1. The number of aliphatic carboxylic acids is 1. The van der Waals surface area contributed by atoms with E-state index in [9.17, 15) is 37.5 Å². The number of hydrogen-bond acceptors (Lipinski definition) is 10. The zero-order chi connectivity index (χ0) is 27.8. The first kappa shape index (κ1) is 30.9. The molecule has 0 radical (unpaired) electrons. The second kappa shape index (κ2) is 11.9. The van der Waals surface area contributed by atoms with E-state index in [0.29, 0.717) is 0 Å². The van der Waals surface area contributed by atoms with Crippen molar-refractivity contribution in [1.29, 1.82) is 0 Å². The van der Waals surface area contributed by atoms with Crippen LogP contribution in [0, 0.1) is 5.41 Å². The first-order chi connectivity index (χ1) is 17.8. The molecule has 2 unspecified atom stereocenters. The van der Waals surface area contributed by atoms with Gasteiger partial charge >= 0.3 is 41.7 Å². The number of carboxylic acids is 1. The van der Waals surface area contributed by atoms with Crippen LogP contribution in [0.15, 0.2) is 29.6 Å². The van der Waals surface area contributed by atoms with Crippen molar-refractivity contribution in [1.82, 2.24) is 15.2 Å². The predicted molar refractivity (Wildman–Crippen MR) is 130 cm³/mol. The van der Waals surface area contributed by atoms with Crippen molar-refractivity contribution in [3.8, 4) is 0 Å². The summed E-state index contributed by atoms with van der Waals surface area (Å²) in [6.45, 7) is 0.341. The number of rotatable bonds is 7. The van der Waals surface area contributed by atoms with Crippen LogP contribution in [0.1, 0.15) is 23.7 Å². The van der Waals surface area contributed by atoms with Gasteiger partial charge in [-0.2, -0.15) is 13.2 Å². The molecule has 2 aromatic rings. The van der Waals surface area contributed by atoms with E-state index in [1.54, 1.807) is 0 Å². The molecule has 3 heterocycles. The van der Waals surface area contributed by atoms with Crippen LogP contribution in [0.25, 0.3) is 11.6 Å². The van der Waals surface area contributed by atoms with Crippen molar-refractivity contribution >= 4 is 63.6 Å². The number of alkyl halides is 3. The number of thiazole rings is 1. The summed E-state index contributed by atoms with van der Waals surface area (Å²) in [5.74, 6) is -3.70. The number of nitrogens with two attached hydrogens (primary N) is 1. The second-order valence-electron chi connectivity index (χ2n) is 8.68. The van der Waals surface area contributed by atoms with Gasteiger partial charge in [0, 0.05) is 24.6 Å². The number of benzene rings is 1. The maximum Gasteiger partial charge on any atom is 1.00 e. The van der Waals surface area contributed by atoms with Gasteiger partial charge in [0.05, 0.1) is 28.2 Å². The number of carbonyl (C=O) groups is 4. The van der Waals surface area contributed by atoms with Gasteiger partial charge in [-0.3, -0.25) is 14.4 Å². The Morgan fingerprint density at radius 2 is 2.03 bits per heavy atom. The van der Waals surface area contributed by atoms with E-state index in [-0.39, 0.29) is 63.8 Å². The predicted octanol–water partition coefficient (Wildman–Crippen LogP) is -2.01. The van der Waals surface area contributed by atoms with Gasteiger partial charge in [0.2, 0.25) is 5.91 Å². The normalized spacial score (nSPS) is 22.7. The summed E-state index contributed by atoms with van der Waals surface area (Å²) in [6, 6.07) is 3.61. The molecule has 2 saturated heterocycles. The maximum atomic E-state index is 13.5. The van der Waals surface area contributed by atoms with Gasteiger partial charge < -0.3 is 30.6 Å². The molecule has 4 rings (SSSR count). The van der Waals surface area contributed by atoms with Gasteiger partial charge in [-0.25, -0.2) is 4.98 Å². The molecule has 2 aliphatic heterocycles. The van der Waals surface area contributed by atoms with Crippen LogP contribution < -0.4 is 45.7 Å². The summed E-state index contributed by atoms with van der Waals surface area (Å²) in [7, 11) is 0. The number of nitrogen functional groups attached to an aromatic ring is 1. The number of fused-ring (bicyclic) bond motifs is 1. The molecule has 0 aliphatic carbocycles. The number of anilines is 1. The molecule has 1 aromatic carbocycles. The van der Waals surface area contributed by atoms with Gasteiger partial charge in [0.1, 0.15) is 18.0 Å². The van der Waals surface area contributed by atoms with E-state index in [2.05, 4.69) is 10.3 Å². The van der Waals surface area contributed by atoms with Crippen LogP contribution in [0.3, 0.4) is 0 Å². The Kier molecular flexibility index (Phi) is 9.43. The van der Waals surface area contributed by atoms with Crippen LogP contribution in [-0.4, -0.2) is 64.0 Å². The van der Waals surface area contributed by atoms with Crippen LogP contribution >= 0.6 is 23.1 Å².